The molecular formula is C11H12ClFN2O3. The number of carbonyl (C=O) groups excluding carboxylic acids is 1. The Labute approximate surface area is 108 Å². The molecule has 1 aromatic heterocycles. The summed E-state index contributed by atoms with van der Waals surface area (Å²) in [5.41, 5.74) is -0.191. The normalized spacial score (nSPS) is 12.3. The number of aromatic nitrogens is 1. The molecule has 0 saturated heterocycles. The minimum Gasteiger partial charge on any atom is -0.480 e. The summed E-state index contributed by atoms with van der Waals surface area (Å²) >= 11 is 5.65. The molecule has 1 atom stereocenters. The first kappa shape index (κ1) is 14.4. The zero-order valence-corrected chi connectivity index (χ0v) is 10.5. The van der Waals surface area contributed by atoms with E-state index in [0.29, 0.717) is 0 Å². The lowest BCUT2D eigenvalue weighted by atomic mass is 10.0. The summed E-state index contributed by atoms with van der Waals surface area (Å²) in [4.78, 5) is 26.2. The van der Waals surface area contributed by atoms with Crippen molar-refractivity contribution in [2.45, 2.75) is 19.9 Å². The van der Waals surface area contributed by atoms with Gasteiger partial charge in [0.05, 0.1) is 11.8 Å². The Hall–Kier alpha value is -1.69. The summed E-state index contributed by atoms with van der Waals surface area (Å²) in [7, 11) is 0. The first-order valence-corrected chi connectivity index (χ1v) is 5.55. The van der Waals surface area contributed by atoms with Crippen molar-refractivity contribution in [1.82, 2.24) is 10.3 Å². The van der Waals surface area contributed by atoms with Gasteiger partial charge in [0.25, 0.3) is 5.91 Å². The lowest BCUT2D eigenvalue weighted by Crippen LogP contribution is -2.44. The Morgan fingerprint density at radius 1 is 1.50 bits per heavy atom. The number of hydrogen-bond donors (Lipinski definition) is 2. The van der Waals surface area contributed by atoms with Gasteiger partial charge in [0, 0.05) is 0 Å². The van der Waals surface area contributed by atoms with Crippen molar-refractivity contribution in [2.24, 2.45) is 5.92 Å². The van der Waals surface area contributed by atoms with Crippen molar-refractivity contribution in [3.8, 4) is 0 Å². The molecule has 98 valence electrons. The Balaban J connectivity index is 2.94. The van der Waals surface area contributed by atoms with E-state index in [1.54, 1.807) is 13.8 Å². The number of halogens is 2. The van der Waals surface area contributed by atoms with Crippen molar-refractivity contribution < 1.29 is 19.1 Å². The topological polar surface area (TPSA) is 79.3 Å². The Kier molecular flexibility index (Phi) is 4.61. The number of amides is 1. The molecule has 2 N–H and O–H groups in total. The third-order valence-corrected chi connectivity index (χ3v) is 2.57. The summed E-state index contributed by atoms with van der Waals surface area (Å²) in [6.45, 7) is 3.29. The van der Waals surface area contributed by atoms with Gasteiger partial charge in [-0.15, -0.1) is 0 Å². The molecule has 0 bridgehead atoms. The van der Waals surface area contributed by atoms with Crippen LogP contribution in [-0.2, 0) is 4.79 Å². The molecule has 1 rings (SSSR count). The average molecular weight is 275 g/mol. The van der Waals surface area contributed by atoms with Crippen LogP contribution in [0.2, 0.25) is 5.15 Å². The fourth-order valence-electron chi connectivity index (χ4n) is 1.31. The second kappa shape index (κ2) is 5.77. The van der Waals surface area contributed by atoms with Crippen molar-refractivity contribution in [3.05, 3.63) is 28.8 Å². The quantitative estimate of drug-likeness (QED) is 0.819. The van der Waals surface area contributed by atoms with E-state index in [0.717, 1.165) is 12.3 Å². The second-order valence-corrected chi connectivity index (χ2v) is 4.38. The first-order valence-electron chi connectivity index (χ1n) is 5.17. The highest BCUT2D eigenvalue weighted by Gasteiger charge is 2.25. The van der Waals surface area contributed by atoms with Gasteiger partial charge in [-0.1, -0.05) is 25.4 Å². The van der Waals surface area contributed by atoms with Crippen molar-refractivity contribution in [1.29, 1.82) is 0 Å². The van der Waals surface area contributed by atoms with Crippen LogP contribution in [0.5, 0.6) is 0 Å². The van der Waals surface area contributed by atoms with Crippen LogP contribution in [0.3, 0.4) is 0 Å². The van der Waals surface area contributed by atoms with Crippen molar-refractivity contribution >= 4 is 23.5 Å². The standard InChI is InChI=1S/C11H12ClFN2O3/c1-5(2)8(11(17)18)15-10(16)7-3-6(13)4-14-9(7)12/h3-5,8H,1-2H3,(H,15,16)(H,17,18)/t8-/m0/s1. The number of aliphatic carboxylic acids is 1. The van der Waals surface area contributed by atoms with Gasteiger partial charge >= 0.3 is 5.97 Å². The maximum absolute atomic E-state index is 12.9. The van der Waals surface area contributed by atoms with Crippen molar-refractivity contribution in [2.75, 3.05) is 0 Å². The van der Waals surface area contributed by atoms with E-state index in [-0.39, 0.29) is 16.6 Å². The summed E-state index contributed by atoms with van der Waals surface area (Å²) in [6, 6.07) is -0.166. The summed E-state index contributed by atoms with van der Waals surface area (Å²) in [5.74, 6) is -2.97. The molecular weight excluding hydrogens is 263 g/mol. The molecule has 0 radical (unpaired) electrons. The Morgan fingerprint density at radius 3 is 2.61 bits per heavy atom. The van der Waals surface area contributed by atoms with Gasteiger partial charge in [0.1, 0.15) is 17.0 Å². The molecule has 0 aromatic carbocycles. The Morgan fingerprint density at radius 2 is 2.11 bits per heavy atom. The molecule has 1 aromatic rings. The number of carbonyl (C=O) groups is 2. The lowest BCUT2D eigenvalue weighted by molar-refractivity contribution is -0.140. The largest absolute Gasteiger partial charge is 0.480 e. The van der Waals surface area contributed by atoms with Gasteiger partial charge in [-0.3, -0.25) is 4.79 Å². The third kappa shape index (κ3) is 3.40. The van der Waals surface area contributed by atoms with Crippen LogP contribution in [0, 0.1) is 11.7 Å². The maximum Gasteiger partial charge on any atom is 0.326 e. The predicted octanol–water partition coefficient (Wildman–Crippen LogP) is 1.71. The number of pyridine rings is 1. The van der Waals surface area contributed by atoms with Crippen LogP contribution in [0.15, 0.2) is 12.3 Å². The van der Waals surface area contributed by atoms with E-state index in [4.69, 9.17) is 16.7 Å². The number of nitrogens with zero attached hydrogens (tertiary/aromatic N) is 1. The summed E-state index contributed by atoms with van der Waals surface area (Å²) < 4.78 is 12.9. The monoisotopic (exact) mass is 274 g/mol. The molecule has 0 unspecified atom stereocenters. The van der Waals surface area contributed by atoms with Gasteiger partial charge in [-0.05, 0) is 12.0 Å². The molecule has 0 fully saturated rings. The van der Waals surface area contributed by atoms with Crippen LogP contribution < -0.4 is 5.32 Å². The molecule has 0 saturated carbocycles. The average Bonchev–Trinajstić information content (AvgIpc) is 2.28. The molecule has 0 spiro atoms. The zero-order valence-electron chi connectivity index (χ0n) is 9.78. The number of rotatable bonds is 4. The smallest absolute Gasteiger partial charge is 0.326 e. The molecule has 5 nitrogen and oxygen atoms in total. The van der Waals surface area contributed by atoms with Crippen LogP contribution in [0.1, 0.15) is 24.2 Å². The third-order valence-electron chi connectivity index (χ3n) is 2.27. The van der Waals surface area contributed by atoms with E-state index in [1.807, 2.05) is 0 Å². The SMILES string of the molecule is CC(C)[C@H](NC(=O)c1cc(F)cnc1Cl)C(=O)O. The summed E-state index contributed by atoms with van der Waals surface area (Å²) in [6.07, 6.45) is 0.871. The number of carboxylic acids is 1. The predicted molar refractivity (Wildman–Crippen MR) is 62.9 cm³/mol. The van der Waals surface area contributed by atoms with Crippen molar-refractivity contribution in [3.63, 3.8) is 0 Å². The minimum atomic E-state index is -1.17. The van der Waals surface area contributed by atoms with Crippen LogP contribution in [0.4, 0.5) is 4.39 Å². The number of nitrogens with one attached hydrogen (secondary N) is 1. The minimum absolute atomic E-state index is 0.179. The molecule has 0 aliphatic rings. The van der Waals surface area contributed by atoms with Crippen LogP contribution >= 0.6 is 11.6 Å². The maximum atomic E-state index is 12.9. The molecule has 0 aliphatic carbocycles. The van der Waals surface area contributed by atoms with Gasteiger partial charge in [-0.25, -0.2) is 14.2 Å². The van der Waals surface area contributed by atoms with E-state index in [9.17, 15) is 14.0 Å². The highest BCUT2D eigenvalue weighted by Crippen LogP contribution is 2.14. The van der Waals surface area contributed by atoms with E-state index in [2.05, 4.69) is 10.3 Å². The fraction of sp³-hybridized carbons (Fsp3) is 0.364. The Bertz CT molecular complexity index is 479. The summed E-state index contributed by atoms with van der Waals surface area (Å²) in [5, 5.41) is 11.0. The van der Waals surface area contributed by atoms with E-state index < -0.39 is 23.7 Å². The van der Waals surface area contributed by atoms with Gasteiger partial charge in [-0.2, -0.15) is 0 Å². The van der Waals surface area contributed by atoms with Gasteiger partial charge in [0.2, 0.25) is 0 Å². The highest BCUT2D eigenvalue weighted by molar-refractivity contribution is 6.32. The van der Waals surface area contributed by atoms with Gasteiger partial charge < -0.3 is 10.4 Å². The van der Waals surface area contributed by atoms with Crippen LogP contribution in [0.25, 0.3) is 0 Å². The molecule has 0 aliphatic heterocycles. The molecule has 1 amide bonds. The lowest BCUT2D eigenvalue weighted by Gasteiger charge is -2.18. The van der Waals surface area contributed by atoms with Gasteiger partial charge in [0.15, 0.2) is 0 Å². The first-order chi connectivity index (χ1) is 8.32. The zero-order chi connectivity index (χ0) is 13.9. The number of carboxylic acid groups (broad SMARTS) is 1. The van der Waals surface area contributed by atoms with E-state index >= 15 is 0 Å². The van der Waals surface area contributed by atoms with Crippen LogP contribution in [-0.4, -0.2) is 28.0 Å². The number of hydrogen-bond acceptors (Lipinski definition) is 3. The second-order valence-electron chi connectivity index (χ2n) is 4.03. The fourth-order valence-corrected chi connectivity index (χ4v) is 1.50. The molecule has 18 heavy (non-hydrogen) atoms. The highest BCUT2D eigenvalue weighted by atomic mass is 35.5. The molecule has 1 heterocycles. The molecule has 7 heteroatoms. The van der Waals surface area contributed by atoms with E-state index in [1.165, 1.54) is 0 Å².